The highest BCUT2D eigenvalue weighted by atomic mass is 19.1. The predicted molar refractivity (Wildman–Crippen MR) is 98.3 cm³/mol. The number of urea groups is 1. The summed E-state index contributed by atoms with van der Waals surface area (Å²) in [7, 11) is 1.23. The second-order valence-electron chi connectivity index (χ2n) is 6.11. The number of methoxy groups -OCH3 is 1. The lowest BCUT2D eigenvalue weighted by Crippen LogP contribution is -2.48. The lowest BCUT2D eigenvalue weighted by Gasteiger charge is -2.35. The Balaban J connectivity index is 2.09. The summed E-state index contributed by atoms with van der Waals surface area (Å²) >= 11 is 0. The number of aromatic carboxylic acids is 1. The largest absolute Gasteiger partial charge is 0.478 e. The monoisotopic (exact) mass is 384 g/mol. The van der Waals surface area contributed by atoms with E-state index in [2.05, 4.69) is 5.32 Å². The number of halogens is 1. The Bertz CT molecular complexity index is 967. The summed E-state index contributed by atoms with van der Waals surface area (Å²) in [6, 6.07) is 9.79. The number of rotatable bonds is 4. The van der Waals surface area contributed by atoms with Crippen LogP contribution < -0.4 is 10.2 Å². The van der Waals surface area contributed by atoms with Crippen molar-refractivity contribution >= 4 is 23.7 Å². The highest BCUT2D eigenvalue weighted by Gasteiger charge is 2.37. The Morgan fingerprint density at radius 3 is 2.25 bits per heavy atom. The number of hydrogen-bond donors (Lipinski definition) is 2. The predicted octanol–water partition coefficient (Wildman–Crippen LogP) is 3.24. The van der Waals surface area contributed by atoms with Crippen LogP contribution in [0.2, 0.25) is 0 Å². The molecule has 0 saturated carbocycles. The van der Waals surface area contributed by atoms with Gasteiger partial charge in [0.25, 0.3) is 0 Å². The molecule has 0 fully saturated rings. The van der Waals surface area contributed by atoms with Crippen LogP contribution in [0.5, 0.6) is 0 Å². The van der Waals surface area contributed by atoms with E-state index in [4.69, 9.17) is 9.84 Å². The molecule has 0 aromatic heterocycles. The second-order valence-corrected chi connectivity index (χ2v) is 6.11. The maximum atomic E-state index is 13.3. The van der Waals surface area contributed by atoms with Crippen molar-refractivity contribution < 1.29 is 28.6 Å². The van der Waals surface area contributed by atoms with Gasteiger partial charge in [0.2, 0.25) is 0 Å². The van der Waals surface area contributed by atoms with Crippen molar-refractivity contribution in [1.29, 1.82) is 0 Å². The lowest BCUT2D eigenvalue weighted by molar-refractivity contribution is -0.136. The van der Waals surface area contributed by atoms with Gasteiger partial charge in [0.15, 0.2) is 0 Å². The van der Waals surface area contributed by atoms with Crippen molar-refractivity contribution in [3.8, 4) is 0 Å². The van der Waals surface area contributed by atoms with Crippen LogP contribution in [0.1, 0.15) is 28.9 Å². The van der Waals surface area contributed by atoms with Crippen LogP contribution in [0.15, 0.2) is 59.8 Å². The molecule has 3 rings (SSSR count). The van der Waals surface area contributed by atoms with E-state index in [-0.39, 0.29) is 11.1 Å². The first kappa shape index (κ1) is 19.1. The van der Waals surface area contributed by atoms with Gasteiger partial charge in [-0.1, -0.05) is 12.1 Å². The first-order chi connectivity index (χ1) is 13.3. The van der Waals surface area contributed by atoms with Crippen molar-refractivity contribution in [3.63, 3.8) is 0 Å². The minimum Gasteiger partial charge on any atom is -0.478 e. The maximum absolute atomic E-state index is 13.3. The van der Waals surface area contributed by atoms with Crippen LogP contribution in [-0.4, -0.2) is 30.2 Å². The number of carboxylic acid groups (broad SMARTS) is 1. The van der Waals surface area contributed by atoms with Gasteiger partial charge in [-0.15, -0.1) is 0 Å². The maximum Gasteiger partial charge on any atom is 0.337 e. The van der Waals surface area contributed by atoms with E-state index in [0.717, 1.165) is 0 Å². The van der Waals surface area contributed by atoms with E-state index in [1.807, 2.05) is 0 Å². The van der Waals surface area contributed by atoms with Gasteiger partial charge >= 0.3 is 18.0 Å². The number of hydrogen-bond acceptors (Lipinski definition) is 4. The molecule has 0 radical (unpaired) electrons. The first-order valence-electron chi connectivity index (χ1n) is 8.32. The zero-order chi connectivity index (χ0) is 20.4. The fourth-order valence-corrected chi connectivity index (χ4v) is 3.09. The molecule has 1 unspecified atom stereocenters. The third kappa shape index (κ3) is 3.44. The molecule has 7 nitrogen and oxygen atoms in total. The quantitative estimate of drug-likeness (QED) is 0.789. The Morgan fingerprint density at radius 1 is 1.11 bits per heavy atom. The van der Waals surface area contributed by atoms with E-state index >= 15 is 0 Å². The average Bonchev–Trinajstić information content (AvgIpc) is 2.68. The van der Waals surface area contributed by atoms with Gasteiger partial charge in [-0.25, -0.2) is 18.8 Å². The van der Waals surface area contributed by atoms with Gasteiger partial charge in [-0.3, -0.25) is 4.90 Å². The molecule has 8 heteroatoms. The first-order valence-corrected chi connectivity index (χ1v) is 8.32. The molecule has 2 aromatic carbocycles. The summed E-state index contributed by atoms with van der Waals surface area (Å²) in [6.07, 6.45) is 0. The van der Waals surface area contributed by atoms with Crippen molar-refractivity contribution in [2.24, 2.45) is 0 Å². The fourth-order valence-electron chi connectivity index (χ4n) is 3.09. The van der Waals surface area contributed by atoms with Crippen LogP contribution in [0.25, 0.3) is 0 Å². The number of carbonyl (C=O) groups is 3. The summed E-state index contributed by atoms with van der Waals surface area (Å²) in [5.41, 5.74) is 1.50. The summed E-state index contributed by atoms with van der Waals surface area (Å²) in [5, 5.41) is 11.8. The van der Waals surface area contributed by atoms with Crippen LogP contribution in [0.3, 0.4) is 0 Å². The van der Waals surface area contributed by atoms with Crippen LogP contribution in [-0.2, 0) is 9.53 Å². The minimum atomic E-state index is -1.09. The zero-order valence-electron chi connectivity index (χ0n) is 15.1. The molecule has 1 aliphatic rings. The van der Waals surface area contributed by atoms with Gasteiger partial charge in [0.05, 0.1) is 30.0 Å². The molecule has 2 N–H and O–H groups in total. The molecule has 0 aliphatic carbocycles. The third-order valence-electron chi connectivity index (χ3n) is 4.47. The molecule has 144 valence electrons. The summed E-state index contributed by atoms with van der Waals surface area (Å²) < 4.78 is 18.1. The molecule has 0 saturated heterocycles. The van der Waals surface area contributed by atoms with E-state index in [1.54, 1.807) is 6.92 Å². The summed E-state index contributed by atoms with van der Waals surface area (Å²) in [5.74, 6) is -2.17. The number of allylic oxidation sites excluding steroid dienone is 1. The number of nitrogens with one attached hydrogen (secondary N) is 1. The number of esters is 1. The number of anilines is 1. The van der Waals surface area contributed by atoms with Gasteiger partial charge < -0.3 is 15.2 Å². The van der Waals surface area contributed by atoms with Crippen LogP contribution in [0.4, 0.5) is 14.9 Å². The molecular weight excluding hydrogens is 367 g/mol. The van der Waals surface area contributed by atoms with Crippen molar-refractivity contribution in [3.05, 3.63) is 76.7 Å². The average molecular weight is 384 g/mol. The number of carbonyl (C=O) groups excluding carboxylic acids is 2. The number of ether oxygens (including phenoxy) is 1. The number of nitrogens with zero attached hydrogens (tertiary/aromatic N) is 1. The Kier molecular flexibility index (Phi) is 5.12. The van der Waals surface area contributed by atoms with Gasteiger partial charge in [0.1, 0.15) is 5.82 Å². The highest BCUT2D eigenvalue weighted by Crippen LogP contribution is 2.34. The molecule has 2 aromatic rings. The Labute approximate surface area is 160 Å². The van der Waals surface area contributed by atoms with E-state index in [9.17, 15) is 18.8 Å². The topological polar surface area (TPSA) is 95.9 Å². The summed E-state index contributed by atoms with van der Waals surface area (Å²) in [6.45, 7) is 1.59. The molecule has 1 heterocycles. The molecule has 1 aliphatic heterocycles. The number of carboxylic acids is 1. The van der Waals surface area contributed by atoms with Gasteiger partial charge in [0, 0.05) is 5.70 Å². The molecular formula is C20H17FN2O5. The number of amides is 2. The third-order valence-corrected chi connectivity index (χ3v) is 4.47. The van der Waals surface area contributed by atoms with Crippen molar-refractivity contribution in [1.82, 2.24) is 5.32 Å². The second kappa shape index (κ2) is 7.51. The van der Waals surface area contributed by atoms with E-state index in [0.29, 0.717) is 16.9 Å². The van der Waals surface area contributed by atoms with Crippen molar-refractivity contribution in [2.75, 3.05) is 12.0 Å². The van der Waals surface area contributed by atoms with E-state index in [1.165, 1.54) is 60.5 Å². The van der Waals surface area contributed by atoms with Crippen LogP contribution >= 0.6 is 0 Å². The smallest absolute Gasteiger partial charge is 0.337 e. The minimum absolute atomic E-state index is 0.0696. The van der Waals surface area contributed by atoms with E-state index < -0.39 is 29.8 Å². The van der Waals surface area contributed by atoms with Gasteiger partial charge in [-0.05, 0) is 48.9 Å². The highest BCUT2D eigenvalue weighted by molar-refractivity contribution is 6.03. The van der Waals surface area contributed by atoms with Crippen molar-refractivity contribution in [2.45, 2.75) is 13.0 Å². The number of benzene rings is 2. The Morgan fingerprint density at radius 2 is 1.71 bits per heavy atom. The SMILES string of the molecule is COC(=O)C1=C(C)N(c2ccc(C(=O)O)cc2)C(=O)NC1c1ccc(F)cc1. The molecule has 0 spiro atoms. The molecule has 2 amide bonds. The fraction of sp³-hybridized carbons (Fsp3) is 0.150. The van der Waals surface area contributed by atoms with Crippen LogP contribution in [0, 0.1) is 5.82 Å². The standard InChI is InChI=1S/C20H17FN2O5/c1-11-16(19(26)28-2)17(12-3-7-14(21)8-4-12)22-20(27)23(11)15-9-5-13(6-10-15)18(24)25/h3-10,17H,1-2H3,(H,22,27)(H,24,25). The Hall–Kier alpha value is -3.68. The molecule has 28 heavy (non-hydrogen) atoms. The zero-order valence-corrected chi connectivity index (χ0v) is 15.1. The normalized spacial score (nSPS) is 16.6. The lowest BCUT2D eigenvalue weighted by atomic mass is 9.94. The van der Waals surface area contributed by atoms with Gasteiger partial charge in [-0.2, -0.15) is 0 Å². The molecule has 0 bridgehead atoms. The summed E-state index contributed by atoms with van der Waals surface area (Å²) in [4.78, 5) is 37.5. The molecule has 1 atom stereocenters.